The predicted octanol–water partition coefficient (Wildman–Crippen LogP) is 5.45. The number of amides is 2. The number of benzene rings is 2. The largest absolute Gasteiger partial charge is 0.352 e. The van der Waals surface area contributed by atoms with E-state index in [-0.39, 0.29) is 17.9 Å². The maximum atomic E-state index is 13.2. The van der Waals surface area contributed by atoms with Crippen LogP contribution in [0.1, 0.15) is 62.1 Å². The van der Waals surface area contributed by atoms with Crippen molar-refractivity contribution in [3.05, 3.63) is 70.2 Å². The van der Waals surface area contributed by atoms with E-state index in [0.29, 0.717) is 24.4 Å². The molecule has 1 saturated carbocycles. The lowest BCUT2D eigenvalue weighted by Gasteiger charge is -2.31. The highest BCUT2D eigenvalue weighted by Gasteiger charge is 2.28. The number of nitrogens with zero attached hydrogens (tertiary/aromatic N) is 1. The van der Waals surface area contributed by atoms with Crippen LogP contribution in [0.5, 0.6) is 0 Å². The van der Waals surface area contributed by atoms with E-state index in [1.807, 2.05) is 38.1 Å². The van der Waals surface area contributed by atoms with Crippen LogP contribution in [0.15, 0.2) is 48.5 Å². The van der Waals surface area contributed by atoms with Crippen molar-refractivity contribution < 1.29 is 9.59 Å². The molecule has 1 aliphatic carbocycles. The quantitative estimate of drug-likeness (QED) is 0.593. The van der Waals surface area contributed by atoms with Gasteiger partial charge in [0.1, 0.15) is 6.04 Å². The van der Waals surface area contributed by atoms with Crippen LogP contribution in [0.25, 0.3) is 0 Å². The third-order valence-corrected chi connectivity index (χ3v) is 6.53. The normalized spacial score (nSPS) is 15.3. The van der Waals surface area contributed by atoms with E-state index in [9.17, 15) is 9.59 Å². The molecule has 0 spiro atoms. The van der Waals surface area contributed by atoms with Gasteiger partial charge in [-0.2, -0.15) is 0 Å². The third-order valence-electron chi connectivity index (χ3n) is 6.17. The number of hydrogen-bond donors (Lipinski definition) is 1. The summed E-state index contributed by atoms with van der Waals surface area (Å²) in [5.41, 5.74) is 3.17. The molecule has 1 N–H and O–H groups in total. The molecule has 2 amide bonds. The zero-order valence-electron chi connectivity index (χ0n) is 18.6. The first kappa shape index (κ1) is 23.3. The monoisotopic (exact) mass is 440 g/mol. The van der Waals surface area contributed by atoms with Crippen molar-refractivity contribution in [2.45, 2.75) is 77.4 Å². The Morgan fingerprint density at radius 3 is 2.42 bits per heavy atom. The zero-order chi connectivity index (χ0) is 22.2. The SMILES string of the molecule is Cc1ccc(CCC(=O)N(Cc2ccccc2Cl)[C@H](C)C(=O)NC2CCCCC2)cc1. The minimum Gasteiger partial charge on any atom is -0.352 e. The van der Waals surface area contributed by atoms with Crippen LogP contribution in [0.2, 0.25) is 5.02 Å². The molecule has 5 heteroatoms. The number of halogens is 1. The summed E-state index contributed by atoms with van der Waals surface area (Å²) in [5.74, 6) is -0.116. The van der Waals surface area contributed by atoms with Gasteiger partial charge < -0.3 is 10.2 Å². The van der Waals surface area contributed by atoms with Crippen LogP contribution >= 0.6 is 11.6 Å². The third kappa shape index (κ3) is 6.83. The lowest BCUT2D eigenvalue weighted by molar-refractivity contribution is -0.141. The van der Waals surface area contributed by atoms with Gasteiger partial charge in [-0.05, 0) is 50.3 Å². The number of hydrogen-bond acceptors (Lipinski definition) is 2. The summed E-state index contributed by atoms with van der Waals surface area (Å²) in [4.78, 5) is 27.9. The second-order valence-electron chi connectivity index (χ2n) is 8.62. The minimum atomic E-state index is -0.552. The molecule has 1 fully saturated rings. The van der Waals surface area contributed by atoms with Crippen LogP contribution in [0.3, 0.4) is 0 Å². The second kappa shape index (κ2) is 11.3. The van der Waals surface area contributed by atoms with Crippen molar-refractivity contribution in [2.75, 3.05) is 0 Å². The molecular weight excluding hydrogens is 408 g/mol. The lowest BCUT2D eigenvalue weighted by atomic mass is 9.95. The summed E-state index contributed by atoms with van der Waals surface area (Å²) in [6.45, 7) is 4.19. The van der Waals surface area contributed by atoms with Crippen LogP contribution in [0, 0.1) is 6.92 Å². The molecule has 0 bridgehead atoms. The van der Waals surface area contributed by atoms with Gasteiger partial charge in [0.15, 0.2) is 0 Å². The number of nitrogens with one attached hydrogen (secondary N) is 1. The van der Waals surface area contributed by atoms with Gasteiger partial charge in [-0.3, -0.25) is 9.59 Å². The molecule has 0 aliphatic heterocycles. The summed E-state index contributed by atoms with van der Waals surface area (Å²) in [6, 6.07) is 15.4. The molecule has 0 aromatic heterocycles. The van der Waals surface area contributed by atoms with E-state index in [1.54, 1.807) is 4.90 Å². The molecule has 2 aromatic rings. The molecule has 0 unspecified atom stereocenters. The molecule has 4 nitrogen and oxygen atoms in total. The Hall–Kier alpha value is -2.33. The Labute approximate surface area is 191 Å². The first-order valence-electron chi connectivity index (χ1n) is 11.3. The zero-order valence-corrected chi connectivity index (χ0v) is 19.3. The van der Waals surface area contributed by atoms with Gasteiger partial charge in [0.25, 0.3) is 0 Å². The van der Waals surface area contributed by atoms with Crippen molar-refractivity contribution in [2.24, 2.45) is 0 Å². The van der Waals surface area contributed by atoms with E-state index in [0.717, 1.165) is 36.8 Å². The van der Waals surface area contributed by atoms with Gasteiger partial charge in [-0.1, -0.05) is 78.9 Å². The molecule has 2 aromatic carbocycles. The van der Waals surface area contributed by atoms with Gasteiger partial charge in [-0.15, -0.1) is 0 Å². The molecule has 1 atom stereocenters. The number of rotatable bonds is 8. The molecule has 0 saturated heterocycles. The predicted molar refractivity (Wildman–Crippen MR) is 126 cm³/mol. The molecule has 0 radical (unpaired) electrons. The molecule has 31 heavy (non-hydrogen) atoms. The highest BCUT2D eigenvalue weighted by molar-refractivity contribution is 6.31. The maximum absolute atomic E-state index is 13.2. The Kier molecular flexibility index (Phi) is 8.53. The standard InChI is InChI=1S/C26H33ClN2O2/c1-19-12-14-21(15-13-19)16-17-25(30)29(18-22-8-6-7-11-24(22)27)20(2)26(31)28-23-9-4-3-5-10-23/h6-8,11-15,20,23H,3-5,9-10,16-18H2,1-2H3,(H,28,31)/t20-/m1/s1. The lowest BCUT2D eigenvalue weighted by Crippen LogP contribution is -2.50. The van der Waals surface area contributed by atoms with Crippen molar-refractivity contribution in [1.82, 2.24) is 10.2 Å². The van der Waals surface area contributed by atoms with Gasteiger partial charge >= 0.3 is 0 Å². The van der Waals surface area contributed by atoms with Crippen LogP contribution < -0.4 is 5.32 Å². The number of aryl methyl sites for hydroxylation is 2. The highest BCUT2D eigenvalue weighted by atomic mass is 35.5. The van der Waals surface area contributed by atoms with Crippen LogP contribution in [-0.4, -0.2) is 28.8 Å². The minimum absolute atomic E-state index is 0.0354. The van der Waals surface area contributed by atoms with Gasteiger partial charge in [-0.25, -0.2) is 0 Å². The van der Waals surface area contributed by atoms with E-state index in [2.05, 4.69) is 29.6 Å². The van der Waals surface area contributed by atoms with E-state index in [4.69, 9.17) is 11.6 Å². The molecule has 0 heterocycles. The molecular formula is C26H33ClN2O2. The molecule has 166 valence electrons. The summed E-state index contributed by atoms with van der Waals surface area (Å²) in [5, 5.41) is 3.78. The van der Waals surface area contributed by atoms with E-state index in [1.165, 1.54) is 12.0 Å². The van der Waals surface area contributed by atoms with Crippen LogP contribution in [-0.2, 0) is 22.6 Å². The second-order valence-corrected chi connectivity index (χ2v) is 9.03. The fourth-order valence-corrected chi connectivity index (χ4v) is 4.31. The summed E-state index contributed by atoms with van der Waals surface area (Å²) in [7, 11) is 0. The summed E-state index contributed by atoms with van der Waals surface area (Å²) < 4.78 is 0. The average molecular weight is 441 g/mol. The van der Waals surface area contributed by atoms with E-state index >= 15 is 0 Å². The Bertz CT molecular complexity index is 875. The van der Waals surface area contributed by atoms with Crippen molar-refractivity contribution in [1.29, 1.82) is 0 Å². The Morgan fingerprint density at radius 1 is 1.06 bits per heavy atom. The van der Waals surface area contributed by atoms with Crippen molar-refractivity contribution in [3.63, 3.8) is 0 Å². The van der Waals surface area contributed by atoms with Gasteiger partial charge in [0.2, 0.25) is 11.8 Å². The van der Waals surface area contributed by atoms with Crippen LogP contribution in [0.4, 0.5) is 0 Å². The summed E-state index contributed by atoms with van der Waals surface area (Å²) in [6.07, 6.45) is 6.58. The van der Waals surface area contributed by atoms with Gasteiger partial charge in [0, 0.05) is 24.0 Å². The fourth-order valence-electron chi connectivity index (χ4n) is 4.11. The number of carbonyl (C=O) groups excluding carboxylic acids is 2. The molecule has 1 aliphatic rings. The average Bonchev–Trinajstić information content (AvgIpc) is 2.78. The highest BCUT2D eigenvalue weighted by Crippen LogP contribution is 2.21. The molecule has 3 rings (SSSR count). The van der Waals surface area contributed by atoms with E-state index < -0.39 is 6.04 Å². The fraction of sp³-hybridized carbons (Fsp3) is 0.462. The topological polar surface area (TPSA) is 49.4 Å². The summed E-state index contributed by atoms with van der Waals surface area (Å²) >= 11 is 6.36. The van der Waals surface area contributed by atoms with Crippen molar-refractivity contribution >= 4 is 23.4 Å². The Balaban J connectivity index is 1.71. The van der Waals surface area contributed by atoms with Gasteiger partial charge in [0.05, 0.1) is 0 Å². The smallest absolute Gasteiger partial charge is 0.242 e. The first-order chi connectivity index (χ1) is 14.9. The van der Waals surface area contributed by atoms with Crippen molar-refractivity contribution in [3.8, 4) is 0 Å². The maximum Gasteiger partial charge on any atom is 0.242 e. The Morgan fingerprint density at radius 2 is 1.74 bits per heavy atom. The number of carbonyl (C=O) groups is 2. The first-order valence-corrected chi connectivity index (χ1v) is 11.7.